The van der Waals surface area contributed by atoms with E-state index in [2.05, 4.69) is 5.32 Å². The van der Waals surface area contributed by atoms with Crippen molar-refractivity contribution in [2.75, 3.05) is 17.7 Å². The second-order valence-electron chi connectivity index (χ2n) is 5.38. The van der Waals surface area contributed by atoms with E-state index < -0.39 is 0 Å². The van der Waals surface area contributed by atoms with E-state index >= 15 is 0 Å². The standard InChI is InChI=1S/C17H18N2O2/c1-11-8-14(18)6-7-15(11)19-17(20)13-9-12-4-2-3-5-16(12)21-10-13/h2-8,13H,9-10,18H2,1H3,(H,19,20). The zero-order valence-electron chi connectivity index (χ0n) is 11.9. The van der Waals surface area contributed by atoms with Gasteiger partial charge in [0.25, 0.3) is 0 Å². The second kappa shape index (κ2) is 5.48. The third-order valence-corrected chi connectivity index (χ3v) is 3.76. The van der Waals surface area contributed by atoms with Gasteiger partial charge in [0.2, 0.25) is 5.91 Å². The third kappa shape index (κ3) is 2.84. The van der Waals surface area contributed by atoms with Crippen molar-refractivity contribution in [2.45, 2.75) is 13.3 Å². The number of fused-ring (bicyclic) bond motifs is 1. The highest BCUT2D eigenvalue weighted by molar-refractivity contribution is 5.94. The lowest BCUT2D eigenvalue weighted by molar-refractivity contribution is -0.121. The number of amides is 1. The maximum atomic E-state index is 12.4. The topological polar surface area (TPSA) is 64.3 Å². The number of para-hydroxylation sites is 1. The predicted octanol–water partition coefficient (Wildman–Crippen LogP) is 2.77. The first-order valence-corrected chi connectivity index (χ1v) is 7.01. The Morgan fingerprint density at radius 3 is 2.90 bits per heavy atom. The van der Waals surface area contributed by atoms with E-state index in [-0.39, 0.29) is 11.8 Å². The zero-order chi connectivity index (χ0) is 14.8. The molecule has 0 saturated heterocycles. The molecule has 1 amide bonds. The maximum absolute atomic E-state index is 12.4. The van der Waals surface area contributed by atoms with Crippen LogP contribution in [0.25, 0.3) is 0 Å². The number of hydrogen-bond donors (Lipinski definition) is 2. The molecule has 0 radical (unpaired) electrons. The highest BCUT2D eigenvalue weighted by Crippen LogP contribution is 2.28. The van der Waals surface area contributed by atoms with Crippen LogP contribution >= 0.6 is 0 Å². The van der Waals surface area contributed by atoms with Crippen molar-refractivity contribution in [2.24, 2.45) is 5.92 Å². The molecule has 21 heavy (non-hydrogen) atoms. The monoisotopic (exact) mass is 282 g/mol. The summed E-state index contributed by atoms with van der Waals surface area (Å²) < 4.78 is 5.66. The average Bonchev–Trinajstić information content (AvgIpc) is 2.49. The van der Waals surface area contributed by atoms with Gasteiger partial charge in [0.1, 0.15) is 12.4 Å². The van der Waals surface area contributed by atoms with Gasteiger partial charge in [-0.15, -0.1) is 0 Å². The molecule has 0 fully saturated rings. The number of benzene rings is 2. The molecular weight excluding hydrogens is 264 g/mol. The minimum absolute atomic E-state index is 0.0163. The first-order chi connectivity index (χ1) is 10.1. The summed E-state index contributed by atoms with van der Waals surface area (Å²) in [6.07, 6.45) is 0.704. The Labute approximate surface area is 123 Å². The normalized spacial score (nSPS) is 16.7. The molecule has 1 aliphatic rings. The summed E-state index contributed by atoms with van der Waals surface area (Å²) in [4.78, 5) is 12.4. The Morgan fingerprint density at radius 2 is 2.10 bits per heavy atom. The van der Waals surface area contributed by atoms with Gasteiger partial charge >= 0.3 is 0 Å². The number of nitrogens with one attached hydrogen (secondary N) is 1. The molecule has 0 spiro atoms. The Balaban J connectivity index is 1.72. The van der Waals surface area contributed by atoms with Crippen molar-refractivity contribution in [3.63, 3.8) is 0 Å². The van der Waals surface area contributed by atoms with Crippen LogP contribution in [-0.4, -0.2) is 12.5 Å². The molecule has 0 bridgehead atoms. The van der Waals surface area contributed by atoms with E-state index in [1.54, 1.807) is 6.07 Å². The molecule has 0 aliphatic carbocycles. The van der Waals surface area contributed by atoms with Crippen LogP contribution in [0, 0.1) is 12.8 Å². The number of anilines is 2. The molecule has 0 saturated carbocycles. The number of nitrogens with two attached hydrogens (primary N) is 1. The van der Waals surface area contributed by atoms with E-state index in [1.807, 2.05) is 43.3 Å². The Morgan fingerprint density at radius 1 is 1.29 bits per heavy atom. The van der Waals surface area contributed by atoms with Crippen LogP contribution < -0.4 is 15.8 Å². The predicted molar refractivity (Wildman–Crippen MR) is 83.4 cm³/mol. The minimum Gasteiger partial charge on any atom is -0.492 e. The maximum Gasteiger partial charge on any atom is 0.231 e. The third-order valence-electron chi connectivity index (χ3n) is 3.76. The summed E-state index contributed by atoms with van der Waals surface area (Å²) >= 11 is 0. The summed E-state index contributed by atoms with van der Waals surface area (Å²) in [6.45, 7) is 2.34. The van der Waals surface area contributed by atoms with Crippen molar-refractivity contribution >= 4 is 17.3 Å². The molecule has 1 aliphatic heterocycles. The van der Waals surface area contributed by atoms with Gasteiger partial charge in [-0.25, -0.2) is 0 Å². The summed E-state index contributed by atoms with van der Waals surface area (Å²) in [7, 11) is 0. The molecule has 1 heterocycles. The highest BCUT2D eigenvalue weighted by atomic mass is 16.5. The van der Waals surface area contributed by atoms with Crippen molar-refractivity contribution < 1.29 is 9.53 Å². The van der Waals surface area contributed by atoms with Gasteiger partial charge in [-0.2, -0.15) is 0 Å². The molecule has 3 rings (SSSR count). The molecule has 0 aromatic heterocycles. The molecule has 108 valence electrons. The molecule has 1 atom stereocenters. The van der Waals surface area contributed by atoms with E-state index in [0.29, 0.717) is 18.7 Å². The van der Waals surface area contributed by atoms with Gasteiger partial charge in [-0.05, 0) is 48.7 Å². The van der Waals surface area contributed by atoms with E-state index in [1.165, 1.54) is 0 Å². The molecule has 2 aromatic rings. The van der Waals surface area contributed by atoms with Crippen molar-refractivity contribution in [1.82, 2.24) is 0 Å². The number of aryl methyl sites for hydroxylation is 1. The summed E-state index contributed by atoms with van der Waals surface area (Å²) in [6, 6.07) is 13.3. The number of hydrogen-bond acceptors (Lipinski definition) is 3. The molecular formula is C17H18N2O2. The van der Waals surface area contributed by atoms with Gasteiger partial charge in [0.15, 0.2) is 0 Å². The van der Waals surface area contributed by atoms with Gasteiger partial charge in [0.05, 0.1) is 5.92 Å². The van der Waals surface area contributed by atoms with Crippen LogP contribution in [0.4, 0.5) is 11.4 Å². The van der Waals surface area contributed by atoms with Crippen LogP contribution in [0.1, 0.15) is 11.1 Å². The summed E-state index contributed by atoms with van der Waals surface area (Å²) in [5, 5.41) is 2.96. The number of nitrogen functional groups attached to an aromatic ring is 1. The minimum atomic E-state index is -0.170. The van der Waals surface area contributed by atoms with Crippen LogP contribution in [-0.2, 0) is 11.2 Å². The highest BCUT2D eigenvalue weighted by Gasteiger charge is 2.26. The Bertz CT molecular complexity index is 682. The number of carbonyl (C=O) groups is 1. The quantitative estimate of drug-likeness (QED) is 0.832. The molecule has 4 heteroatoms. The van der Waals surface area contributed by atoms with Gasteiger partial charge in [-0.1, -0.05) is 18.2 Å². The fourth-order valence-electron chi connectivity index (χ4n) is 2.56. The van der Waals surface area contributed by atoms with Crippen molar-refractivity contribution in [3.8, 4) is 5.75 Å². The zero-order valence-corrected chi connectivity index (χ0v) is 11.9. The second-order valence-corrected chi connectivity index (χ2v) is 5.38. The lowest BCUT2D eigenvalue weighted by Gasteiger charge is -2.24. The number of carbonyl (C=O) groups excluding carboxylic acids is 1. The van der Waals surface area contributed by atoms with E-state index in [4.69, 9.17) is 10.5 Å². The Hall–Kier alpha value is -2.49. The van der Waals surface area contributed by atoms with Crippen LogP contribution in [0.5, 0.6) is 5.75 Å². The number of ether oxygens (including phenoxy) is 1. The van der Waals surface area contributed by atoms with Gasteiger partial charge in [0, 0.05) is 11.4 Å². The first-order valence-electron chi connectivity index (χ1n) is 7.01. The average molecular weight is 282 g/mol. The van der Waals surface area contributed by atoms with Crippen LogP contribution in [0.3, 0.4) is 0 Å². The molecule has 1 unspecified atom stereocenters. The van der Waals surface area contributed by atoms with E-state index in [9.17, 15) is 4.79 Å². The van der Waals surface area contributed by atoms with Gasteiger partial charge in [-0.3, -0.25) is 4.79 Å². The number of rotatable bonds is 2. The first kappa shape index (κ1) is 13.5. The van der Waals surface area contributed by atoms with Crippen molar-refractivity contribution in [3.05, 3.63) is 53.6 Å². The van der Waals surface area contributed by atoms with E-state index in [0.717, 1.165) is 22.6 Å². The summed E-state index contributed by atoms with van der Waals surface area (Å²) in [5.41, 5.74) is 9.26. The van der Waals surface area contributed by atoms with Crippen LogP contribution in [0.15, 0.2) is 42.5 Å². The molecule has 2 aromatic carbocycles. The van der Waals surface area contributed by atoms with Gasteiger partial charge < -0.3 is 15.8 Å². The summed E-state index contributed by atoms with van der Waals surface area (Å²) in [5.74, 6) is 0.694. The smallest absolute Gasteiger partial charge is 0.231 e. The molecule has 4 nitrogen and oxygen atoms in total. The lowest BCUT2D eigenvalue weighted by Crippen LogP contribution is -2.32. The lowest BCUT2D eigenvalue weighted by atomic mass is 9.96. The van der Waals surface area contributed by atoms with Crippen molar-refractivity contribution in [1.29, 1.82) is 0 Å². The molecule has 3 N–H and O–H groups in total. The fourth-order valence-corrected chi connectivity index (χ4v) is 2.56. The largest absolute Gasteiger partial charge is 0.492 e. The SMILES string of the molecule is Cc1cc(N)ccc1NC(=O)C1COc2ccccc2C1. The fraction of sp³-hybridized carbons (Fsp3) is 0.235. The van der Waals surface area contributed by atoms with Crippen LogP contribution in [0.2, 0.25) is 0 Å². The Kier molecular flexibility index (Phi) is 3.52.